The van der Waals surface area contributed by atoms with Crippen LogP contribution in [0.1, 0.15) is 36.0 Å². The Kier molecular flexibility index (Phi) is 9.27. The van der Waals surface area contributed by atoms with Crippen LogP contribution in [0, 0.1) is 5.92 Å². The van der Waals surface area contributed by atoms with Crippen LogP contribution in [0.2, 0.25) is 0 Å². The molecule has 37 heavy (non-hydrogen) atoms. The number of sulfonamides is 1. The van der Waals surface area contributed by atoms with Gasteiger partial charge in [-0.1, -0.05) is 0 Å². The van der Waals surface area contributed by atoms with E-state index in [4.69, 9.17) is 9.84 Å². The van der Waals surface area contributed by atoms with Crippen LogP contribution < -0.4 is 16.0 Å². The fourth-order valence-corrected chi connectivity index (χ4v) is 5.78. The lowest BCUT2D eigenvalue weighted by molar-refractivity contribution is 0.0730. The van der Waals surface area contributed by atoms with Crippen LogP contribution in [0.15, 0.2) is 35.4 Å². The molecular weight excluding hydrogens is 500 g/mol. The van der Waals surface area contributed by atoms with Crippen molar-refractivity contribution >= 4 is 33.4 Å². The van der Waals surface area contributed by atoms with Gasteiger partial charge in [-0.3, -0.25) is 4.79 Å². The first kappa shape index (κ1) is 27.2. The number of aromatic nitrogens is 2. The second-order valence-corrected chi connectivity index (χ2v) is 11.1. The molecule has 1 aromatic carbocycles. The molecule has 202 valence electrons. The Hall–Kier alpha value is -2.84. The molecule has 4 rings (SSSR count). The second-order valence-electron chi connectivity index (χ2n) is 9.16. The van der Waals surface area contributed by atoms with E-state index in [0.29, 0.717) is 50.3 Å². The Balaban J connectivity index is 1.45. The number of carbonyl (C=O) groups is 1. The van der Waals surface area contributed by atoms with Crippen LogP contribution >= 0.6 is 0 Å². The number of ether oxygens (including phenoxy) is 1. The smallest absolute Gasteiger partial charge is 0.260 e. The minimum Gasteiger partial charge on any atom is -0.395 e. The summed E-state index contributed by atoms with van der Waals surface area (Å²) in [5.41, 5.74) is 0.663. The van der Waals surface area contributed by atoms with Gasteiger partial charge in [0.1, 0.15) is 11.4 Å². The van der Waals surface area contributed by atoms with Gasteiger partial charge in [-0.2, -0.15) is 9.29 Å². The second kappa shape index (κ2) is 12.6. The molecule has 12 nitrogen and oxygen atoms in total. The maximum atomic E-state index is 13.1. The highest BCUT2D eigenvalue weighted by atomic mass is 32.2. The number of hydrogen-bond donors (Lipinski definition) is 5. The molecular formula is C24H34N6O6S. The van der Waals surface area contributed by atoms with Gasteiger partial charge in [0.05, 0.1) is 30.8 Å². The van der Waals surface area contributed by atoms with Crippen molar-refractivity contribution < 1.29 is 28.2 Å². The molecule has 1 aliphatic heterocycles. The van der Waals surface area contributed by atoms with Gasteiger partial charge in [0.15, 0.2) is 0 Å². The summed E-state index contributed by atoms with van der Waals surface area (Å²) in [7, 11) is -3.63. The molecule has 1 amide bonds. The fraction of sp³-hybridized carbons (Fsp3) is 0.542. The average Bonchev–Trinajstić information content (AvgIpc) is 2.92. The number of nitrogens with one attached hydrogen (secondary N) is 3. The average molecular weight is 535 g/mol. The number of carbonyl (C=O) groups excluding carboxylic acids is 1. The summed E-state index contributed by atoms with van der Waals surface area (Å²) in [4.78, 5) is 21.9. The Bertz CT molecular complexity index is 1150. The van der Waals surface area contributed by atoms with Crippen LogP contribution in [0.3, 0.4) is 0 Å². The summed E-state index contributed by atoms with van der Waals surface area (Å²) in [6.45, 7) is 2.12. The number of aliphatic hydroxyl groups is 2. The Labute approximate surface area is 216 Å². The molecule has 1 aliphatic carbocycles. The molecule has 1 aromatic heterocycles. The van der Waals surface area contributed by atoms with Crippen LogP contribution in [0.25, 0.3) is 0 Å². The molecule has 13 heteroatoms. The van der Waals surface area contributed by atoms with Gasteiger partial charge in [-0.25, -0.2) is 13.4 Å². The predicted molar refractivity (Wildman–Crippen MR) is 138 cm³/mol. The number of benzene rings is 1. The maximum absolute atomic E-state index is 13.1. The van der Waals surface area contributed by atoms with Crippen molar-refractivity contribution in [2.75, 3.05) is 62.0 Å². The Morgan fingerprint density at radius 1 is 1.08 bits per heavy atom. The van der Waals surface area contributed by atoms with E-state index in [1.807, 2.05) is 0 Å². The molecule has 0 radical (unpaired) electrons. The highest BCUT2D eigenvalue weighted by molar-refractivity contribution is 7.89. The fourth-order valence-electron chi connectivity index (χ4n) is 4.37. The third-order valence-corrected chi connectivity index (χ3v) is 8.44. The van der Waals surface area contributed by atoms with Gasteiger partial charge in [0.25, 0.3) is 5.91 Å². The zero-order valence-corrected chi connectivity index (χ0v) is 21.4. The topological polar surface area (TPSA) is 166 Å². The largest absolute Gasteiger partial charge is 0.395 e. The first-order chi connectivity index (χ1) is 17.9. The number of hydrogen-bond acceptors (Lipinski definition) is 10. The molecule has 0 unspecified atom stereocenters. The van der Waals surface area contributed by atoms with Crippen LogP contribution in [0.5, 0.6) is 0 Å². The maximum Gasteiger partial charge on any atom is 0.260 e. The number of amides is 1. The van der Waals surface area contributed by atoms with Gasteiger partial charge in [-0.15, -0.1) is 0 Å². The lowest BCUT2D eigenvalue weighted by Gasteiger charge is -2.26. The van der Waals surface area contributed by atoms with Gasteiger partial charge >= 0.3 is 0 Å². The quantitative estimate of drug-likeness (QED) is 0.298. The highest BCUT2D eigenvalue weighted by Gasteiger charge is 2.26. The van der Waals surface area contributed by atoms with E-state index in [2.05, 4.69) is 25.9 Å². The summed E-state index contributed by atoms with van der Waals surface area (Å²) >= 11 is 0. The lowest BCUT2D eigenvalue weighted by atomic mass is 9.87. The molecule has 2 aromatic rings. The van der Waals surface area contributed by atoms with E-state index in [-0.39, 0.29) is 35.7 Å². The van der Waals surface area contributed by atoms with Crippen molar-refractivity contribution in [1.82, 2.24) is 14.3 Å². The molecule has 2 aliphatic rings. The standard InChI is InChI=1S/C24H34N6O6S/c31-12-9-25-24-27-16-21(22(29-24)26-15-17-1-5-19(32)6-2-17)23(33)28-18-3-7-20(8-4-18)37(34,35)30-10-13-36-14-11-30/h3-4,7-8,16-17,19,31-32H,1-2,5-6,9-15H2,(H,28,33)(H2,25,26,27,29). The molecule has 2 heterocycles. The van der Waals surface area contributed by atoms with E-state index < -0.39 is 15.9 Å². The van der Waals surface area contributed by atoms with Gasteiger partial charge < -0.3 is 30.9 Å². The number of aliphatic hydroxyl groups excluding tert-OH is 2. The first-order valence-corrected chi connectivity index (χ1v) is 13.9. The van der Waals surface area contributed by atoms with Crippen molar-refractivity contribution in [3.05, 3.63) is 36.0 Å². The van der Waals surface area contributed by atoms with E-state index in [9.17, 15) is 18.3 Å². The Morgan fingerprint density at radius 2 is 1.78 bits per heavy atom. The number of nitrogens with zero attached hydrogens (tertiary/aromatic N) is 3. The predicted octanol–water partition coefficient (Wildman–Crippen LogP) is 1.12. The molecule has 1 saturated heterocycles. The Morgan fingerprint density at radius 3 is 2.46 bits per heavy atom. The SMILES string of the molecule is O=C(Nc1ccc(S(=O)(=O)N2CCOCC2)cc1)c1cnc(NCCO)nc1NCC1CCC(O)CC1. The molecule has 2 fully saturated rings. The zero-order valence-electron chi connectivity index (χ0n) is 20.6. The van der Waals surface area contributed by atoms with Crippen molar-refractivity contribution in [2.24, 2.45) is 5.92 Å². The summed E-state index contributed by atoms with van der Waals surface area (Å²) in [5.74, 6) is 0.540. The van der Waals surface area contributed by atoms with E-state index >= 15 is 0 Å². The minimum absolute atomic E-state index is 0.0873. The van der Waals surface area contributed by atoms with Crippen molar-refractivity contribution in [2.45, 2.75) is 36.7 Å². The number of morpholine rings is 1. The number of anilines is 3. The van der Waals surface area contributed by atoms with E-state index in [1.165, 1.54) is 22.6 Å². The molecule has 1 saturated carbocycles. The summed E-state index contributed by atoms with van der Waals surface area (Å²) in [6, 6.07) is 6.03. The molecule has 0 spiro atoms. The summed E-state index contributed by atoms with van der Waals surface area (Å²) < 4.78 is 32.3. The highest BCUT2D eigenvalue weighted by Crippen LogP contribution is 2.26. The monoisotopic (exact) mass is 534 g/mol. The van der Waals surface area contributed by atoms with Gasteiger partial charge in [0.2, 0.25) is 16.0 Å². The summed E-state index contributed by atoms with van der Waals surface area (Å²) in [5, 5.41) is 27.8. The summed E-state index contributed by atoms with van der Waals surface area (Å²) in [6.07, 6.45) is 4.44. The first-order valence-electron chi connectivity index (χ1n) is 12.5. The van der Waals surface area contributed by atoms with E-state index in [1.54, 1.807) is 12.1 Å². The van der Waals surface area contributed by atoms with Crippen LogP contribution in [-0.4, -0.2) is 90.9 Å². The van der Waals surface area contributed by atoms with Crippen molar-refractivity contribution in [1.29, 1.82) is 0 Å². The molecule has 5 N–H and O–H groups in total. The van der Waals surface area contributed by atoms with Crippen LogP contribution in [-0.2, 0) is 14.8 Å². The zero-order chi connectivity index (χ0) is 26.3. The lowest BCUT2D eigenvalue weighted by Crippen LogP contribution is -2.40. The molecule has 0 bridgehead atoms. The third-order valence-electron chi connectivity index (χ3n) is 6.52. The van der Waals surface area contributed by atoms with Crippen molar-refractivity contribution in [3.63, 3.8) is 0 Å². The van der Waals surface area contributed by atoms with Crippen LogP contribution in [0.4, 0.5) is 17.5 Å². The third kappa shape index (κ3) is 7.14. The van der Waals surface area contributed by atoms with Gasteiger partial charge in [-0.05, 0) is 55.9 Å². The molecule has 0 atom stereocenters. The minimum atomic E-state index is -3.63. The van der Waals surface area contributed by atoms with E-state index in [0.717, 1.165) is 25.7 Å². The van der Waals surface area contributed by atoms with Gasteiger partial charge in [0, 0.05) is 38.1 Å². The number of rotatable bonds is 10. The van der Waals surface area contributed by atoms with Crippen molar-refractivity contribution in [3.8, 4) is 0 Å². The normalized spacial score (nSPS) is 20.8.